The number of methoxy groups -OCH3 is 1. The van der Waals surface area contributed by atoms with E-state index in [2.05, 4.69) is 20.5 Å². The summed E-state index contributed by atoms with van der Waals surface area (Å²) in [5, 5.41) is 14.3. The van der Waals surface area contributed by atoms with Crippen molar-refractivity contribution < 1.29 is 19.0 Å². The van der Waals surface area contributed by atoms with Crippen molar-refractivity contribution in [2.75, 3.05) is 26.7 Å². The third-order valence-electron chi connectivity index (χ3n) is 5.54. The predicted molar refractivity (Wildman–Crippen MR) is 143 cm³/mol. The van der Waals surface area contributed by atoms with Crippen LogP contribution in [0.3, 0.4) is 0 Å². The molecular formula is C26H29ClN6O4S. The van der Waals surface area contributed by atoms with E-state index in [-0.39, 0.29) is 12.1 Å². The molecule has 2 aromatic carbocycles. The van der Waals surface area contributed by atoms with Crippen molar-refractivity contribution in [1.29, 1.82) is 5.26 Å². The van der Waals surface area contributed by atoms with Gasteiger partial charge in [-0.25, -0.2) is 14.1 Å². The number of carbonyl (C=O) groups excluding carboxylic acids is 1. The molecule has 1 atom stereocenters. The van der Waals surface area contributed by atoms with Gasteiger partial charge in [-0.2, -0.15) is 10.4 Å². The maximum Gasteiger partial charge on any atom is 0.410 e. The normalized spacial score (nSPS) is 16.1. The van der Waals surface area contributed by atoms with Gasteiger partial charge < -0.3 is 19.1 Å². The average molecular weight is 557 g/mol. The minimum atomic E-state index is -0.586. The second-order valence-electron chi connectivity index (χ2n) is 9.63. The molecule has 2 heterocycles. The van der Waals surface area contributed by atoms with Crippen molar-refractivity contribution in [1.82, 2.24) is 24.0 Å². The fourth-order valence-corrected chi connectivity index (χ4v) is 5.15. The number of piperazine rings is 1. The van der Waals surface area contributed by atoms with Crippen molar-refractivity contribution in [3.8, 4) is 23.3 Å². The molecule has 3 aromatic rings. The van der Waals surface area contributed by atoms with Gasteiger partial charge >= 0.3 is 6.09 Å². The van der Waals surface area contributed by atoms with Crippen LogP contribution >= 0.6 is 23.5 Å². The fraction of sp³-hybridized carbons (Fsp3) is 0.385. The summed E-state index contributed by atoms with van der Waals surface area (Å²) in [7, 11) is 1.56. The SMILES string of the molecule is COc1cc(Cl)cc(Oc2ccc(C#N)cc2SN2CCN(C(=O)OC(C)(C)C)CC2Cn2cncn2)c1. The van der Waals surface area contributed by atoms with Gasteiger partial charge in [-0.3, -0.25) is 4.68 Å². The van der Waals surface area contributed by atoms with Gasteiger partial charge in [0.1, 0.15) is 35.5 Å². The van der Waals surface area contributed by atoms with Gasteiger partial charge in [0, 0.05) is 30.7 Å². The molecule has 1 amide bonds. The highest BCUT2D eigenvalue weighted by atomic mass is 35.5. The molecule has 0 N–H and O–H groups in total. The van der Waals surface area contributed by atoms with Gasteiger partial charge in [-0.15, -0.1) is 0 Å². The average Bonchev–Trinajstić information content (AvgIpc) is 3.37. The molecule has 1 fully saturated rings. The number of nitrogens with zero attached hydrogens (tertiary/aromatic N) is 6. The fourth-order valence-electron chi connectivity index (χ4n) is 3.84. The van der Waals surface area contributed by atoms with E-state index >= 15 is 0 Å². The molecule has 200 valence electrons. The number of carbonyl (C=O) groups is 1. The number of aromatic nitrogens is 3. The highest BCUT2D eigenvalue weighted by Gasteiger charge is 2.33. The van der Waals surface area contributed by atoms with Crippen LogP contribution in [-0.2, 0) is 11.3 Å². The Hall–Kier alpha value is -3.46. The van der Waals surface area contributed by atoms with E-state index in [0.29, 0.717) is 54.0 Å². The van der Waals surface area contributed by atoms with E-state index in [1.165, 1.54) is 18.3 Å². The van der Waals surface area contributed by atoms with Crippen LogP contribution in [-0.4, -0.2) is 68.4 Å². The molecular weight excluding hydrogens is 528 g/mol. The Morgan fingerprint density at radius 1 is 1.21 bits per heavy atom. The first kappa shape index (κ1) is 27.6. The summed E-state index contributed by atoms with van der Waals surface area (Å²) >= 11 is 7.70. The van der Waals surface area contributed by atoms with Crippen molar-refractivity contribution >= 4 is 29.6 Å². The zero-order valence-corrected chi connectivity index (χ0v) is 23.2. The second-order valence-corrected chi connectivity index (χ2v) is 11.2. The van der Waals surface area contributed by atoms with Gasteiger partial charge in [-0.1, -0.05) is 11.6 Å². The third-order valence-corrected chi connectivity index (χ3v) is 6.99. The summed E-state index contributed by atoms with van der Waals surface area (Å²) < 4.78 is 21.0. The van der Waals surface area contributed by atoms with E-state index < -0.39 is 5.60 Å². The molecule has 4 rings (SSSR count). The Bertz CT molecular complexity index is 1310. The molecule has 1 aromatic heterocycles. The van der Waals surface area contributed by atoms with Crippen LogP contribution in [0.5, 0.6) is 17.2 Å². The van der Waals surface area contributed by atoms with Crippen LogP contribution < -0.4 is 9.47 Å². The number of halogens is 1. The molecule has 0 radical (unpaired) electrons. The molecule has 38 heavy (non-hydrogen) atoms. The van der Waals surface area contributed by atoms with Crippen molar-refractivity contribution in [2.24, 2.45) is 0 Å². The first-order valence-corrected chi connectivity index (χ1v) is 13.1. The monoisotopic (exact) mass is 556 g/mol. The molecule has 0 bridgehead atoms. The Balaban J connectivity index is 1.59. The molecule has 1 aliphatic heterocycles. The van der Waals surface area contributed by atoms with Gasteiger partial charge in [0.15, 0.2) is 0 Å². The van der Waals surface area contributed by atoms with Crippen LogP contribution in [0.1, 0.15) is 26.3 Å². The molecule has 1 unspecified atom stereocenters. The Kier molecular flexibility index (Phi) is 8.66. The van der Waals surface area contributed by atoms with Crippen molar-refractivity contribution in [2.45, 2.75) is 43.9 Å². The van der Waals surface area contributed by atoms with Crippen LogP contribution in [0.2, 0.25) is 5.02 Å². The lowest BCUT2D eigenvalue weighted by Gasteiger charge is -2.40. The first-order chi connectivity index (χ1) is 18.1. The highest BCUT2D eigenvalue weighted by Crippen LogP contribution is 2.39. The van der Waals surface area contributed by atoms with Crippen LogP contribution in [0, 0.1) is 11.3 Å². The molecule has 0 spiro atoms. The summed E-state index contributed by atoms with van der Waals surface area (Å²) in [5.74, 6) is 1.64. The van der Waals surface area contributed by atoms with Crippen LogP contribution in [0.25, 0.3) is 0 Å². The summed E-state index contributed by atoms with van der Waals surface area (Å²) in [6, 6.07) is 12.5. The van der Waals surface area contributed by atoms with Crippen LogP contribution in [0.15, 0.2) is 53.9 Å². The second kappa shape index (κ2) is 11.9. The van der Waals surface area contributed by atoms with Gasteiger partial charge in [0.05, 0.1) is 36.2 Å². The summed E-state index contributed by atoms with van der Waals surface area (Å²) in [6.45, 7) is 7.53. The molecule has 1 saturated heterocycles. The number of ether oxygens (including phenoxy) is 3. The Morgan fingerprint density at radius 2 is 2.00 bits per heavy atom. The minimum Gasteiger partial charge on any atom is -0.497 e. The number of benzene rings is 2. The topological polar surface area (TPSA) is 106 Å². The maximum atomic E-state index is 12.8. The lowest BCUT2D eigenvalue weighted by atomic mass is 10.2. The molecule has 0 saturated carbocycles. The van der Waals surface area contributed by atoms with E-state index in [1.807, 2.05) is 20.8 Å². The van der Waals surface area contributed by atoms with Gasteiger partial charge in [-0.05, 0) is 63.1 Å². The number of amides is 1. The Labute approximate surface area is 231 Å². The highest BCUT2D eigenvalue weighted by molar-refractivity contribution is 7.97. The summed E-state index contributed by atoms with van der Waals surface area (Å²) in [6.07, 6.45) is 2.77. The van der Waals surface area contributed by atoms with E-state index in [1.54, 1.807) is 59.4 Å². The first-order valence-electron chi connectivity index (χ1n) is 11.9. The quantitative estimate of drug-likeness (QED) is 0.361. The number of hydrogen-bond donors (Lipinski definition) is 0. The van der Waals surface area contributed by atoms with E-state index in [4.69, 9.17) is 25.8 Å². The zero-order chi connectivity index (χ0) is 27.3. The number of hydrogen-bond acceptors (Lipinski definition) is 9. The van der Waals surface area contributed by atoms with Crippen molar-refractivity contribution in [3.05, 3.63) is 59.6 Å². The lowest BCUT2D eigenvalue weighted by Crippen LogP contribution is -2.54. The smallest absolute Gasteiger partial charge is 0.410 e. The number of rotatable bonds is 7. The van der Waals surface area contributed by atoms with E-state index in [9.17, 15) is 10.1 Å². The largest absolute Gasteiger partial charge is 0.497 e. The number of nitriles is 1. The standard InChI is InChI=1S/C26H29ClN6O4S/c1-26(2,3)37-25(34)31-7-8-33(20(14-31)15-32-17-29-16-30-32)38-24-9-18(13-28)5-6-23(24)36-22-11-19(27)10-21(12-22)35-4/h5-6,9-12,16-17,20H,7-8,14-15H2,1-4H3. The summed E-state index contributed by atoms with van der Waals surface area (Å²) in [4.78, 5) is 19.3. The molecule has 10 nitrogen and oxygen atoms in total. The predicted octanol–water partition coefficient (Wildman–Crippen LogP) is 5.23. The Morgan fingerprint density at radius 3 is 2.68 bits per heavy atom. The summed E-state index contributed by atoms with van der Waals surface area (Å²) in [5.41, 5.74) is -0.0825. The maximum absolute atomic E-state index is 12.8. The van der Waals surface area contributed by atoms with Gasteiger partial charge in [0.2, 0.25) is 0 Å². The molecule has 12 heteroatoms. The van der Waals surface area contributed by atoms with Crippen molar-refractivity contribution in [3.63, 3.8) is 0 Å². The molecule has 0 aliphatic carbocycles. The van der Waals surface area contributed by atoms with Crippen LogP contribution in [0.4, 0.5) is 4.79 Å². The third kappa shape index (κ3) is 7.31. The molecule has 1 aliphatic rings. The zero-order valence-electron chi connectivity index (χ0n) is 21.6. The van der Waals surface area contributed by atoms with E-state index in [0.717, 1.165) is 4.90 Å². The lowest BCUT2D eigenvalue weighted by molar-refractivity contribution is 0.0128. The van der Waals surface area contributed by atoms with Gasteiger partial charge in [0.25, 0.3) is 0 Å². The minimum absolute atomic E-state index is 0.118.